The molecule has 4 heteroatoms. The minimum absolute atomic E-state index is 0.879. The first kappa shape index (κ1) is 15.8. The van der Waals surface area contributed by atoms with Gasteiger partial charge >= 0.3 is 0 Å². The number of nitrogens with zero attached hydrogens (tertiary/aromatic N) is 3. The van der Waals surface area contributed by atoms with Gasteiger partial charge in [-0.1, -0.05) is 30.3 Å². The number of aromatic nitrogens is 2. The molecule has 0 aliphatic carbocycles. The van der Waals surface area contributed by atoms with Crippen LogP contribution < -0.4 is 4.90 Å². The maximum Gasteiger partial charge on any atom is 0.154 e. The zero-order valence-electron chi connectivity index (χ0n) is 14.9. The maximum absolute atomic E-state index is 4.71. The van der Waals surface area contributed by atoms with Crippen molar-refractivity contribution in [3.63, 3.8) is 0 Å². The summed E-state index contributed by atoms with van der Waals surface area (Å²) in [5, 5.41) is 0. The molecule has 1 aliphatic rings. The number of H-pyrrole nitrogens is 1. The van der Waals surface area contributed by atoms with Gasteiger partial charge in [0, 0.05) is 31.9 Å². The molecule has 0 amide bonds. The fraction of sp³-hybridized carbons (Fsp3) is 0.286. The highest BCUT2D eigenvalue weighted by Gasteiger charge is 2.20. The quantitative estimate of drug-likeness (QED) is 0.788. The second kappa shape index (κ2) is 6.28. The zero-order chi connectivity index (χ0) is 17.4. The van der Waals surface area contributed by atoms with Crippen molar-refractivity contribution in [1.82, 2.24) is 14.9 Å². The number of hydrogen-bond donors (Lipinski definition) is 1. The second-order valence-electron chi connectivity index (χ2n) is 6.86. The van der Waals surface area contributed by atoms with Gasteiger partial charge in [0.1, 0.15) is 0 Å². The molecular weight excluding hydrogens is 308 g/mol. The van der Waals surface area contributed by atoms with Crippen LogP contribution in [0.4, 0.5) is 5.69 Å². The number of anilines is 1. The summed E-state index contributed by atoms with van der Waals surface area (Å²) in [6, 6.07) is 15.1. The first-order valence-electron chi connectivity index (χ1n) is 8.82. The van der Waals surface area contributed by atoms with Gasteiger partial charge in [0.25, 0.3) is 0 Å². The van der Waals surface area contributed by atoms with Crippen molar-refractivity contribution in [2.75, 3.05) is 31.1 Å². The van der Waals surface area contributed by atoms with Crippen LogP contribution in [0.25, 0.3) is 16.7 Å². The maximum atomic E-state index is 4.71. The first-order valence-corrected chi connectivity index (χ1v) is 8.82. The van der Waals surface area contributed by atoms with Gasteiger partial charge in [-0.3, -0.25) is 0 Å². The molecule has 0 atom stereocenters. The van der Waals surface area contributed by atoms with Crippen LogP contribution in [0, 0.1) is 13.8 Å². The molecule has 2 heterocycles. The summed E-state index contributed by atoms with van der Waals surface area (Å²) in [5.74, 6) is 0.879. The Balaban J connectivity index is 1.46. The Morgan fingerprint density at radius 1 is 0.960 bits per heavy atom. The Morgan fingerprint density at radius 3 is 2.36 bits per heavy atom. The van der Waals surface area contributed by atoms with E-state index in [0.717, 1.165) is 48.7 Å². The van der Waals surface area contributed by atoms with Crippen LogP contribution in [0.2, 0.25) is 0 Å². The van der Waals surface area contributed by atoms with Gasteiger partial charge in [0.15, 0.2) is 5.82 Å². The summed E-state index contributed by atoms with van der Waals surface area (Å²) < 4.78 is 0. The van der Waals surface area contributed by atoms with Crippen LogP contribution in [-0.4, -0.2) is 41.0 Å². The number of fused-ring (bicyclic) bond motifs is 1. The average Bonchev–Trinajstić information content (AvgIpc) is 3.05. The molecule has 0 unspecified atom stereocenters. The largest absolute Gasteiger partial charge is 0.368 e. The molecule has 4 nitrogen and oxygen atoms in total. The lowest BCUT2D eigenvalue weighted by Crippen LogP contribution is -2.45. The number of imidazole rings is 1. The molecule has 1 aliphatic heterocycles. The van der Waals surface area contributed by atoms with E-state index in [1.54, 1.807) is 0 Å². The number of nitrogens with one attached hydrogen (secondary N) is 1. The van der Waals surface area contributed by atoms with E-state index in [0.29, 0.717) is 0 Å². The third-order valence-corrected chi connectivity index (χ3v) is 4.97. The molecule has 4 rings (SSSR count). The zero-order valence-corrected chi connectivity index (χ0v) is 14.9. The molecule has 1 N–H and O–H groups in total. The summed E-state index contributed by atoms with van der Waals surface area (Å²) in [5.41, 5.74) is 6.90. The van der Waals surface area contributed by atoms with Crippen molar-refractivity contribution in [2.24, 2.45) is 0 Å². The Bertz CT molecular complexity index is 899. The normalized spacial score (nSPS) is 15.0. The van der Waals surface area contributed by atoms with E-state index in [-0.39, 0.29) is 0 Å². The van der Waals surface area contributed by atoms with Crippen molar-refractivity contribution in [2.45, 2.75) is 13.8 Å². The van der Waals surface area contributed by atoms with Gasteiger partial charge in [-0.15, -0.1) is 0 Å². The molecule has 0 radical (unpaired) electrons. The molecule has 1 saturated heterocycles. The number of piperazine rings is 1. The van der Waals surface area contributed by atoms with E-state index in [1.165, 1.54) is 16.8 Å². The van der Waals surface area contributed by atoms with Crippen LogP contribution >= 0.6 is 0 Å². The summed E-state index contributed by atoms with van der Waals surface area (Å²) in [4.78, 5) is 12.9. The third kappa shape index (κ3) is 3.12. The van der Waals surface area contributed by atoms with Crippen LogP contribution in [0.15, 0.2) is 49.0 Å². The molecule has 1 fully saturated rings. The van der Waals surface area contributed by atoms with E-state index >= 15 is 0 Å². The highest BCUT2D eigenvalue weighted by Crippen LogP contribution is 2.23. The van der Waals surface area contributed by atoms with Gasteiger partial charge in [-0.05, 0) is 43.7 Å². The predicted molar refractivity (Wildman–Crippen MR) is 105 cm³/mol. The number of aryl methyl sites for hydroxylation is 2. The van der Waals surface area contributed by atoms with Gasteiger partial charge in [0.05, 0.1) is 16.7 Å². The Kier molecular flexibility index (Phi) is 3.96. The molecule has 2 aromatic carbocycles. The molecule has 0 spiro atoms. The van der Waals surface area contributed by atoms with Crippen molar-refractivity contribution in [3.05, 3.63) is 66.0 Å². The summed E-state index contributed by atoms with van der Waals surface area (Å²) >= 11 is 0. The van der Waals surface area contributed by atoms with Crippen molar-refractivity contribution in [1.29, 1.82) is 0 Å². The number of rotatable bonds is 3. The number of hydrogen-bond acceptors (Lipinski definition) is 3. The van der Waals surface area contributed by atoms with Gasteiger partial charge < -0.3 is 14.8 Å². The summed E-state index contributed by atoms with van der Waals surface area (Å²) in [6.45, 7) is 12.4. The van der Waals surface area contributed by atoms with Crippen LogP contribution in [0.5, 0.6) is 0 Å². The summed E-state index contributed by atoms with van der Waals surface area (Å²) in [7, 11) is 0. The molecule has 0 saturated carbocycles. The third-order valence-electron chi connectivity index (χ3n) is 4.97. The number of aromatic amines is 1. The fourth-order valence-corrected chi connectivity index (χ4v) is 3.40. The van der Waals surface area contributed by atoms with E-state index in [2.05, 4.69) is 77.7 Å². The Hall–Kier alpha value is -2.75. The van der Waals surface area contributed by atoms with Crippen LogP contribution in [0.3, 0.4) is 0 Å². The molecule has 128 valence electrons. The van der Waals surface area contributed by atoms with E-state index < -0.39 is 0 Å². The van der Waals surface area contributed by atoms with Gasteiger partial charge in [-0.25, -0.2) is 4.98 Å². The topological polar surface area (TPSA) is 35.2 Å². The molecule has 0 bridgehead atoms. The van der Waals surface area contributed by atoms with E-state index in [9.17, 15) is 0 Å². The molecular formula is C21H24N4. The highest BCUT2D eigenvalue weighted by atomic mass is 15.3. The first-order chi connectivity index (χ1) is 12.1. The average molecular weight is 332 g/mol. The van der Waals surface area contributed by atoms with Crippen LogP contribution in [-0.2, 0) is 0 Å². The summed E-state index contributed by atoms with van der Waals surface area (Å²) in [6.07, 6.45) is 0. The Labute approximate surface area is 148 Å². The molecule has 25 heavy (non-hydrogen) atoms. The minimum atomic E-state index is 0.879. The lowest BCUT2D eigenvalue weighted by atomic mass is 10.2. The second-order valence-corrected chi connectivity index (χ2v) is 6.86. The fourth-order valence-electron chi connectivity index (χ4n) is 3.40. The SMILES string of the molecule is C=C(c1nc2ccc(C)cc2[nH]1)N1CCN(c2ccc(C)cc2)CC1. The lowest BCUT2D eigenvalue weighted by Gasteiger charge is -2.37. The Morgan fingerprint density at radius 2 is 1.64 bits per heavy atom. The van der Waals surface area contributed by atoms with Crippen molar-refractivity contribution in [3.8, 4) is 0 Å². The van der Waals surface area contributed by atoms with Gasteiger partial charge in [0.2, 0.25) is 0 Å². The van der Waals surface area contributed by atoms with Gasteiger partial charge in [-0.2, -0.15) is 0 Å². The van der Waals surface area contributed by atoms with Crippen molar-refractivity contribution >= 4 is 22.4 Å². The predicted octanol–water partition coefficient (Wildman–Crippen LogP) is 3.97. The van der Waals surface area contributed by atoms with Crippen LogP contribution in [0.1, 0.15) is 17.0 Å². The number of benzene rings is 2. The smallest absolute Gasteiger partial charge is 0.154 e. The monoisotopic (exact) mass is 332 g/mol. The lowest BCUT2D eigenvalue weighted by molar-refractivity contribution is 0.366. The molecule has 1 aromatic heterocycles. The van der Waals surface area contributed by atoms with Crippen molar-refractivity contribution < 1.29 is 0 Å². The van der Waals surface area contributed by atoms with E-state index in [4.69, 9.17) is 4.98 Å². The highest BCUT2D eigenvalue weighted by molar-refractivity contribution is 5.78. The molecule has 3 aromatic rings. The minimum Gasteiger partial charge on any atom is -0.368 e. The van der Waals surface area contributed by atoms with E-state index in [1.807, 2.05) is 0 Å². The standard InChI is InChI=1S/C21H24N4/c1-15-4-7-18(8-5-15)25-12-10-24(11-13-25)17(3)21-22-19-9-6-16(2)14-20(19)23-21/h4-9,14H,3,10-13H2,1-2H3,(H,22,23).